The number of alkyl halides is 3. The van der Waals surface area contributed by atoms with Gasteiger partial charge in [-0.2, -0.15) is 13.2 Å². The quantitative estimate of drug-likeness (QED) is 0.591. The molecule has 0 aliphatic rings. The van der Waals surface area contributed by atoms with Gasteiger partial charge in [0.1, 0.15) is 5.82 Å². The number of rotatable bonds is 4. The molecule has 0 aromatic heterocycles. The fourth-order valence-electron chi connectivity index (χ4n) is 1.26. The van der Waals surface area contributed by atoms with Gasteiger partial charge in [-0.3, -0.25) is 4.79 Å². The third kappa shape index (κ3) is 4.85. The molecule has 0 bridgehead atoms. The van der Waals surface area contributed by atoms with Crippen LogP contribution < -0.4 is 0 Å². The average molecular weight is 313 g/mol. The van der Waals surface area contributed by atoms with Crippen molar-refractivity contribution in [2.24, 2.45) is 0 Å². The third-order valence-corrected chi connectivity index (χ3v) is 2.71. The van der Waals surface area contributed by atoms with Crippen LogP contribution in [0.25, 0.3) is 0 Å². The summed E-state index contributed by atoms with van der Waals surface area (Å²) in [6.07, 6.45) is -5.68. The number of carbonyl (C=O) groups excluding carboxylic acids is 1. The van der Waals surface area contributed by atoms with E-state index < -0.39 is 24.2 Å². The van der Waals surface area contributed by atoms with E-state index in [4.69, 9.17) is 0 Å². The highest BCUT2D eigenvalue weighted by Crippen LogP contribution is 2.23. The molecule has 0 saturated carbocycles. The van der Waals surface area contributed by atoms with Gasteiger partial charge in [0.2, 0.25) is 0 Å². The molecule has 0 unspecified atom stereocenters. The van der Waals surface area contributed by atoms with Gasteiger partial charge in [0.05, 0.1) is 4.47 Å². The monoisotopic (exact) mass is 312 g/mol. The molecule has 1 aromatic carbocycles. The number of hydrogen-bond donors (Lipinski definition) is 0. The smallest absolute Gasteiger partial charge is 0.294 e. The first kappa shape index (κ1) is 14.2. The Hall–Kier alpha value is -0.910. The normalized spacial score (nSPS) is 11.6. The Morgan fingerprint density at radius 3 is 2.47 bits per heavy atom. The van der Waals surface area contributed by atoms with Gasteiger partial charge in [0.15, 0.2) is 5.78 Å². The number of halogens is 5. The number of benzene rings is 1. The Morgan fingerprint density at radius 2 is 1.94 bits per heavy atom. The van der Waals surface area contributed by atoms with Crippen molar-refractivity contribution in [2.45, 2.75) is 25.4 Å². The van der Waals surface area contributed by atoms with Crippen LogP contribution in [0.3, 0.4) is 0 Å². The van der Waals surface area contributed by atoms with Crippen molar-refractivity contribution in [3.8, 4) is 0 Å². The zero-order chi connectivity index (χ0) is 13.1. The van der Waals surface area contributed by atoms with E-state index in [1.54, 1.807) is 0 Å². The van der Waals surface area contributed by atoms with Crippen LogP contribution in [0, 0.1) is 5.82 Å². The Labute approximate surface area is 104 Å². The first-order valence-electron chi connectivity index (χ1n) is 4.84. The summed E-state index contributed by atoms with van der Waals surface area (Å²) in [7, 11) is 0. The highest BCUT2D eigenvalue weighted by Gasteiger charge is 2.26. The van der Waals surface area contributed by atoms with Crippen LogP contribution >= 0.6 is 15.9 Å². The molecule has 0 aliphatic heterocycles. The van der Waals surface area contributed by atoms with Crippen LogP contribution in [-0.4, -0.2) is 12.0 Å². The van der Waals surface area contributed by atoms with Crippen molar-refractivity contribution in [1.29, 1.82) is 0 Å². The molecular weight excluding hydrogens is 304 g/mol. The molecule has 0 N–H and O–H groups in total. The van der Waals surface area contributed by atoms with Crippen LogP contribution in [0.1, 0.15) is 29.6 Å². The van der Waals surface area contributed by atoms with Gasteiger partial charge in [0, 0.05) is 18.4 Å². The van der Waals surface area contributed by atoms with Crippen molar-refractivity contribution >= 4 is 21.7 Å². The molecule has 17 heavy (non-hydrogen) atoms. The molecule has 0 fully saturated rings. The third-order valence-electron chi connectivity index (χ3n) is 2.11. The van der Waals surface area contributed by atoms with E-state index in [0.717, 1.165) is 6.07 Å². The van der Waals surface area contributed by atoms with E-state index in [0.29, 0.717) is 0 Å². The Bertz CT molecular complexity index is 414. The van der Waals surface area contributed by atoms with Gasteiger partial charge >= 0.3 is 6.18 Å². The maximum absolute atomic E-state index is 12.9. The second-order valence-electron chi connectivity index (χ2n) is 3.52. The Morgan fingerprint density at radius 1 is 1.29 bits per heavy atom. The minimum Gasteiger partial charge on any atom is -0.294 e. The lowest BCUT2D eigenvalue weighted by Gasteiger charge is -2.05. The lowest BCUT2D eigenvalue weighted by atomic mass is 10.1. The van der Waals surface area contributed by atoms with Crippen molar-refractivity contribution < 1.29 is 22.4 Å². The number of ketones is 1. The molecule has 1 nitrogen and oxygen atoms in total. The van der Waals surface area contributed by atoms with Crippen molar-refractivity contribution in [3.63, 3.8) is 0 Å². The molecule has 0 heterocycles. The van der Waals surface area contributed by atoms with E-state index in [1.165, 1.54) is 12.1 Å². The first-order valence-corrected chi connectivity index (χ1v) is 5.64. The van der Waals surface area contributed by atoms with E-state index in [1.807, 2.05) is 0 Å². The second-order valence-corrected chi connectivity index (χ2v) is 4.38. The van der Waals surface area contributed by atoms with E-state index >= 15 is 0 Å². The molecule has 0 radical (unpaired) electrons. The first-order chi connectivity index (χ1) is 7.79. The number of carbonyl (C=O) groups is 1. The molecule has 1 rings (SSSR count). The topological polar surface area (TPSA) is 17.1 Å². The summed E-state index contributed by atoms with van der Waals surface area (Å²) in [5.74, 6) is -0.938. The highest BCUT2D eigenvalue weighted by molar-refractivity contribution is 9.10. The lowest BCUT2D eigenvalue weighted by Crippen LogP contribution is -2.08. The van der Waals surface area contributed by atoms with Crippen LogP contribution in [0.2, 0.25) is 0 Å². The summed E-state index contributed by atoms with van der Waals surface area (Å²) in [6.45, 7) is 0. The van der Waals surface area contributed by atoms with E-state index in [-0.39, 0.29) is 22.9 Å². The van der Waals surface area contributed by atoms with Gasteiger partial charge in [-0.05, 0) is 40.5 Å². The van der Waals surface area contributed by atoms with Gasteiger partial charge in [-0.15, -0.1) is 0 Å². The maximum Gasteiger partial charge on any atom is 0.389 e. The molecule has 6 heteroatoms. The van der Waals surface area contributed by atoms with Crippen molar-refractivity contribution in [2.75, 3.05) is 0 Å². The molecule has 94 valence electrons. The maximum atomic E-state index is 12.9. The minimum absolute atomic E-state index is 0.124. The van der Waals surface area contributed by atoms with E-state index in [2.05, 4.69) is 15.9 Å². The number of hydrogen-bond acceptors (Lipinski definition) is 1. The second kappa shape index (κ2) is 5.62. The zero-order valence-electron chi connectivity index (χ0n) is 8.65. The largest absolute Gasteiger partial charge is 0.389 e. The van der Waals surface area contributed by atoms with Gasteiger partial charge in [-0.25, -0.2) is 4.39 Å². The fraction of sp³-hybridized carbons (Fsp3) is 0.364. The van der Waals surface area contributed by atoms with Gasteiger partial charge in [0.25, 0.3) is 0 Å². The van der Waals surface area contributed by atoms with Gasteiger partial charge in [-0.1, -0.05) is 0 Å². The summed E-state index contributed by atoms with van der Waals surface area (Å²) in [5.41, 5.74) is 0.209. The molecular formula is C11H9BrF4O. The molecule has 0 saturated heterocycles. The van der Waals surface area contributed by atoms with Crippen LogP contribution in [-0.2, 0) is 0 Å². The minimum atomic E-state index is -4.25. The summed E-state index contributed by atoms with van der Waals surface area (Å²) in [5, 5.41) is 0. The molecule has 0 atom stereocenters. The Kier molecular flexibility index (Phi) is 4.68. The van der Waals surface area contributed by atoms with E-state index in [9.17, 15) is 22.4 Å². The van der Waals surface area contributed by atoms with Crippen LogP contribution in [0.4, 0.5) is 17.6 Å². The van der Waals surface area contributed by atoms with Crippen molar-refractivity contribution in [1.82, 2.24) is 0 Å². The zero-order valence-corrected chi connectivity index (χ0v) is 10.2. The number of Topliss-reactive ketones (excluding diaryl/α,β-unsaturated/α-hetero) is 1. The fourth-order valence-corrected chi connectivity index (χ4v) is 1.64. The summed E-state index contributed by atoms with van der Waals surface area (Å²) in [6, 6.07) is 3.63. The molecule has 1 aromatic rings. The molecule has 0 aliphatic carbocycles. The van der Waals surface area contributed by atoms with Crippen LogP contribution in [0.5, 0.6) is 0 Å². The van der Waals surface area contributed by atoms with Crippen LogP contribution in [0.15, 0.2) is 22.7 Å². The molecule has 0 amide bonds. The van der Waals surface area contributed by atoms with Crippen molar-refractivity contribution in [3.05, 3.63) is 34.1 Å². The molecule has 0 spiro atoms. The lowest BCUT2D eigenvalue weighted by molar-refractivity contribution is -0.135. The average Bonchev–Trinajstić information content (AvgIpc) is 2.20. The van der Waals surface area contributed by atoms with Gasteiger partial charge < -0.3 is 0 Å². The summed E-state index contributed by atoms with van der Waals surface area (Å²) < 4.78 is 48.6. The highest BCUT2D eigenvalue weighted by atomic mass is 79.9. The predicted molar refractivity (Wildman–Crippen MR) is 58.3 cm³/mol. The summed E-state index contributed by atoms with van der Waals surface area (Å²) in [4.78, 5) is 11.5. The Balaban J connectivity index is 2.56. The summed E-state index contributed by atoms with van der Waals surface area (Å²) >= 11 is 2.91. The standard InChI is InChI=1S/C11H9BrF4O/c12-8-6-7(3-4-9(8)13)10(17)2-1-5-11(14,15)16/h3-4,6H,1-2,5H2. The SMILES string of the molecule is O=C(CCCC(F)(F)F)c1ccc(F)c(Br)c1. The predicted octanol–water partition coefficient (Wildman–Crippen LogP) is 4.50.